The molecule has 2 rings (SSSR count). The largest absolute Gasteiger partial charge is 0.497 e. The molecule has 0 aliphatic rings. The predicted octanol–water partition coefficient (Wildman–Crippen LogP) is 3.81. The first kappa shape index (κ1) is 12.9. The summed E-state index contributed by atoms with van der Waals surface area (Å²) < 4.78 is 10.4. The molecule has 0 unspecified atom stereocenters. The lowest BCUT2D eigenvalue weighted by molar-refractivity contribution is 0.404. The number of nitrogens with zero attached hydrogens (tertiary/aromatic N) is 2. The van der Waals surface area contributed by atoms with Crippen molar-refractivity contribution in [1.29, 1.82) is 0 Å². The molecule has 2 aromatic carbocycles. The van der Waals surface area contributed by atoms with Crippen LogP contribution in [0.4, 0.5) is 11.4 Å². The minimum absolute atomic E-state index is 0.602. The fourth-order valence-corrected chi connectivity index (χ4v) is 1.52. The van der Waals surface area contributed by atoms with Gasteiger partial charge in [-0.15, -0.1) is 5.11 Å². The fraction of sp³-hybridized carbons (Fsp3) is 0.143. The third-order valence-corrected chi connectivity index (χ3v) is 2.50. The van der Waals surface area contributed by atoms with Crippen molar-refractivity contribution in [3.05, 3.63) is 48.5 Å². The van der Waals surface area contributed by atoms with Gasteiger partial charge in [-0.25, -0.2) is 0 Å². The number of para-hydroxylation sites is 1. The van der Waals surface area contributed by atoms with E-state index in [4.69, 9.17) is 9.47 Å². The maximum Gasteiger partial charge on any atom is 0.146 e. The number of ether oxygens (including phenoxy) is 2. The molecular formula is C14H15N3O2. The molecule has 19 heavy (non-hydrogen) atoms. The van der Waals surface area contributed by atoms with E-state index in [0.29, 0.717) is 17.2 Å². The van der Waals surface area contributed by atoms with Crippen molar-refractivity contribution in [1.82, 2.24) is 0 Å². The summed E-state index contributed by atoms with van der Waals surface area (Å²) >= 11 is 0. The number of benzene rings is 2. The molecule has 2 aromatic rings. The molecular weight excluding hydrogens is 242 g/mol. The fourth-order valence-electron chi connectivity index (χ4n) is 1.52. The average molecular weight is 257 g/mol. The highest BCUT2D eigenvalue weighted by Crippen LogP contribution is 2.31. The molecule has 0 heterocycles. The molecule has 0 saturated heterocycles. The van der Waals surface area contributed by atoms with Crippen LogP contribution in [0.2, 0.25) is 0 Å². The molecule has 0 bridgehead atoms. The third-order valence-electron chi connectivity index (χ3n) is 2.50. The van der Waals surface area contributed by atoms with Gasteiger partial charge < -0.3 is 9.47 Å². The monoisotopic (exact) mass is 257 g/mol. The van der Waals surface area contributed by atoms with Crippen LogP contribution < -0.4 is 14.9 Å². The molecule has 98 valence electrons. The van der Waals surface area contributed by atoms with Crippen LogP contribution in [0.3, 0.4) is 0 Å². The molecule has 1 N–H and O–H groups in total. The van der Waals surface area contributed by atoms with Gasteiger partial charge in [0.1, 0.15) is 17.2 Å². The van der Waals surface area contributed by atoms with E-state index < -0.39 is 0 Å². The highest BCUT2D eigenvalue weighted by molar-refractivity contribution is 5.55. The summed E-state index contributed by atoms with van der Waals surface area (Å²) in [6, 6.07) is 14.9. The first-order chi connectivity index (χ1) is 9.33. The zero-order valence-electron chi connectivity index (χ0n) is 10.8. The Hall–Kier alpha value is -2.56. The van der Waals surface area contributed by atoms with Crippen molar-refractivity contribution in [2.75, 3.05) is 19.6 Å². The maximum atomic E-state index is 5.21. The van der Waals surface area contributed by atoms with E-state index >= 15 is 0 Å². The number of nitrogens with one attached hydrogen (secondary N) is 1. The van der Waals surface area contributed by atoms with E-state index in [2.05, 4.69) is 15.8 Å². The maximum absolute atomic E-state index is 5.21. The van der Waals surface area contributed by atoms with E-state index in [1.165, 1.54) is 0 Å². The topological polar surface area (TPSA) is 55.2 Å². The highest BCUT2D eigenvalue weighted by Gasteiger charge is 2.03. The summed E-state index contributed by atoms with van der Waals surface area (Å²) in [5.74, 6) is 1.34. The second-order valence-corrected chi connectivity index (χ2v) is 3.72. The molecule has 0 atom stereocenters. The summed E-state index contributed by atoms with van der Waals surface area (Å²) in [6.07, 6.45) is 0. The van der Waals surface area contributed by atoms with Crippen molar-refractivity contribution in [3.8, 4) is 11.5 Å². The average Bonchev–Trinajstić information content (AvgIpc) is 2.48. The minimum Gasteiger partial charge on any atom is -0.497 e. The molecule has 0 fully saturated rings. The summed E-state index contributed by atoms with van der Waals surface area (Å²) in [7, 11) is 3.19. The van der Waals surface area contributed by atoms with E-state index in [9.17, 15) is 0 Å². The second-order valence-electron chi connectivity index (χ2n) is 3.72. The van der Waals surface area contributed by atoms with Crippen LogP contribution in [-0.4, -0.2) is 14.2 Å². The summed E-state index contributed by atoms with van der Waals surface area (Å²) in [4.78, 5) is 0. The van der Waals surface area contributed by atoms with Gasteiger partial charge in [-0.3, -0.25) is 5.43 Å². The standard InChI is InChI=1S/C14H15N3O2/c1-18-12-8-9-14(19-2)13(10-12)16-17-15-11-6-4-3-5-7-11/h3-10H,1-2H3,(H,15,16). The van der Waals surface area contributed by atoms with Gasteiger partial charge in [0.15, 0.2) is 0 Å². The quantitative estimate of drug-likeness (QED) is 0.654. The van der Waals surface area contributed by atoms with Gasteiger partial charge in [0, 0.05) is 6.07 Å². The number of hydrogen-bond donors (Lipinski definition) is 1. The Morgan fingerprint density at radius 3 is 2.42 bits per heavy atom. The second kappa shape index (κ2) is 6.39. The number of anilines is 1. The van der Waals surface area contributed by atoms with Crippen LogP contribution in [0.15, 0.2) is 58.9 Å². The number of rotatable bonds is 5. The lowest BCUT2D eigenvalue weighted by Crippen LogP contribution is -1.88. The van der Waals surface area contributed by atoms with E-state index in [0.717, 1.165) is 5.69 Å². The Morgan fingerprint density at radius 2 is 1.74 bits per heavy atom. The van der Waals surface area contributed by atoms with Crippen LogP contribution in [0.1, 0.15) is 0 Å². The summed E-state index contributed by atoms with van der Waals surface area (Å²) in [5.41, 5.74) is 4.31. The normalized spacial score (nSPS) is 10.4. The van der Waals surface area contributed by atoms with E-state index in [-0.39, 0.29) is 0 Å². The van der Waals surface area contributed by atoms with Crippen LogP contribution in [0.25, 0.3) is 0 Å². The van der Waals surface area contributed by atoms with Gasteiger partial charge in [-0.05, 0) is 24.3 Å². The Bertz CT molecular complexity index is 556. The zero-order valence-corrected chi connectivity index (χ0v) is 10.8. The molecule has 0 spiro atoms. The minimum atomic E-state index is 0.602. The molecule has 5 heteroatoms. The van der Waals surface area contributed by atoms with Crippen LogP contribution in [0.5, 0.6) is 11.5 Å². The van der Waals surface area contributed by atoms with Crippen molar-refractivity contribution in [2.45, 2.75) is 0 Å². The summed E-state index contributed by atoms with van der Waals surface area (Å²) in [6.45, 7) is 0. The Kier molecular flexibility index (Phi) is 4.34. The van der Waals surface area contributed by atoms with Crippen LogP contribution in [-0.2, 0) is 0 Å². The Morgan fingerprint density at radius 1 is 0.947 bits per heavy atom. The van der Waals surface area contributed by atoms with Gasteiger partial charge in [0.05, 0.1) is 19.9 Å². The molecule has 0 radical (unpaired) electrons. The molecule has 0 saturated carbocycles. The van der Waals surface area contributed by atoms with Gasteiger partial charge in [0.2, 0.25) is 0 Å². The molecule has 0 aliphatic carbocycles. The number of methoxy groups -OCH3 is 2. The van der Waals surface area contributed by atoms with Crippen molar-refractivity contribution in [2.24, 2.45) is 10.3 Å². The molecule has 0 aliphatic heterocycles. The number of hydrogen-bond acceptors (Lipinski definition) is 4. The zero-order chi connectivity index (χ0) is 13.5. The van der Waals surface area contributed by atoms with Crippen LogP contribution >= 0.6 is 0 Å². The Labute approximate surface area is 111 Å². The SMILES string of the molecule is COc1ccc(OC)c(N=NNc2ccccc2)c1. The lowest BCUT2D eigenvalue weighted by atomic mass is 10.3. The van der Waals surface area contributed by atoms with E-state index in [1.54, 1.807) is 26.4 Å². The van der Waals surface area contributed by atoms with Crippen molar-refractivity contribution >= 4 is 11.4 Å². The third kappa shape index (κ3) is 3.45. The smallest absolute Gasteiger partial charge is 0.146 e. The first-order valence-electron chi connectivity index (χ1n) is 5.77. The summed E-state index contributed by atoms with van der Waals surface area (Å²) in [5, 5.41) is 8.03. The predicted molar refractivity (Wildman–Crippen MR) is 74.1 cm³/mol. The molecule has 5 nitrogen and oxygen atoms in total. The van der Waals surface area contributed by atoms with Gasteiger partial charge in [0.25, 0.3) is 0 Å². The first-order valence-corrected chi connectivity index (χ1v) is 5.77. The Balaban J connectivity index is 2.13. The highest BCUT2D eigenvalue weighted by atomic mass is 16.5. The lowest BCUT2D eigenvalue weighted by Gasteiger charge is -2.05. The van der Waals surface area contributed by atoms with Gasteiger partial charge in [-0.2, -0.15) is 0 Å². The van der Waals surface area contributed by atoms with Gasteiger partial charge in [-0.1, -0.05) is 23.4 Å². The van der Waals surface area contributed by atoms with E-state index in [1.807, 2.05) is 36.4 Å². The van der Waals surface area contributed by atoms with Crippen LogP contribution in [0, 0.1) is 0 Å². The van der Waals surface area contributed by atoms with Crippen molar-refractivity contribution in [3.63, 3.8) is 0 Å². The van der Waals surface area contributed by atoms with Gasteiger partial charge >= 0.3 is 0 Å². The van der Waals surface area contributed by atoms with Crippen molar-refractivity contribution < 1.29 is 9.47 Å². The molecule has 0 aromatic heterocycles. The molecule has 0 amide bonds.